The van der Waals surface area contributed by atoms with Crippen LogP contribution < -0.4 is 10.2 Å². The summed E-state index contributed by atoms with van der Waals surface area (Å²) in [7, 11) is 0. The number of carbonyl (C=O) groups excluding carboxylic acids is 1. The predicted molar refractivity (Wildman–Crippen MR) is 95.7 cm³/mol. The summed E-state index contributed by atoms with van der Waals surface area (Å²) in [6.45, 7) is 2.62. The van der Waals surface area contributed by atoms with Gasteiger partial charge in [-0.1, -0.05) is 29.3 Å². The first-order chi connectivity index (χ1) is 11.5. The van der Waals surface area contributed by atoms with Crippen LogP contribution in [-0.4, -0.2) is 37.1 Å². The molecule has 0 aliphatic carbocycles. The quantitative estimate of drug-likeness (QED) is 0.848. The summed E-state index contributed by atoms with van der Waals surface area (Å²) >= 11 is 11.7. The van der Waals surface area contributed by atoms with Gasteiger partial charge in [-0.25, -0.2) is 9.18 Å². The molecule has 24 heavy (non-hydrogen) atoms. The van der Waals surface area contributed by atoms with Crippen molar-refractivity contribution in [2.75, 3.05) is 36.4 Å². The van der Waals surface area contributed by atoms with Crippen molar-refractivity contribution in [3.05, 3.63) is 58.3 Å². The number of benzene rings is 2. The monoisotopic (exact) mass is 367 g/mol. The lowest BCUT2D eigenvalue weighted by Crippen LogP contribution is -2.50. The Morgan fingerprint density at radius 1 is 1.04 bits per heavy atom. The molecular formula is C17H16Cl2FN3O. The van der Waals surface area contributed by atoms with E-state index in [1.54, 1.807) is 4.90 Å². The van der Waals surface area contributed by atoms with Crippen LogP contribution in [-0.2, 0) is 0 Å². The molecule has 0 spiro atoms. The van der Waals surface area contributed by atoms with Crippen LogP contribution in [0.25, 0.3) is 0 Å². The lowest BCUT2D eigenvalue weighted by atomic mass is 10.2. The Hall–Kier alpha value is -1.98. The number of hydrogen-bond acceptors (Lipinski definition) is 2. The standard InChI is InChI=1S/C17H16Cl2FN3O/c18-12-2-1-3-14(10-12)22-6-8-23(9-7-22)17(24)21-13-4-5-16(20)15(19)11-13/h1-5,10-11H,6-9H2,(H,21,24). The van der Waals surface area contributed by atoms with Crippen molar-refractivity contribution in [3.63, 3.8) is 0 Å². The van der Waals surface area contributed by atoms with Crippen molar-refractivity contribution in [1.82, 2.24) is 4.90 Å². The number of anilines is 2. The van der Waals surface area contributed by atoms with Crippen LogP contribution in [0.5, 0.6) is 0 Å². The van der Waals surface area contributed by atoms with Gasteiger partial charge in [0.15, 0.2) is 0 Å². The number of hydrogen-bond donors (Lipinski definition) is 1. The minimum atomic E-state index is -0.509. The Kier molecular flexibility index (Phi) is 5.11. The smallest absolute Gasteiger partial charge is 0.321 e. The van der Waals surface area contributed by atoms with E-state index in [4.69, 9.17) is 23.2 Å². The van der Waals surface area contributed by atoms with Gasteiger partial charge in [0, 0.05) is 42.6 Å². The molecule has 0 unspecified atom stereocenters. The number of piperazine rings is 1. The van der Waals surface area contributed by atoms with Gasteiger partial charge in [-0.2, -0.15) is 0 Å². The summed E-state index contributed by atoms with van der Waals surface area (Å²) in [4.78, 5) is 16.2. The van der Waals surface area contributed by atoms with E-state index in [0.717, 1.165) is 18.8 Å². The third kappa shape index (κ3) is 3.91. The van der Waals surface area contributed by atoms with Crippen LogP contribution in [0.3, 0.4) is 0 Å². The van der Waals surface area contributed by atoms with Crippen molar-refractivity contribution >= 4 is 40.6 Å². The molecule has 0 radical (unpaired) electrons. The molecule has 1 N–H and O–H groups in total. The van der Waals surface area contributed by atoms with Gasteiger partial charge in [0.1, 0.15) is 5.82 Å². The maximum atomic E-state index is 13.2. The molecule has 2 aromatic rings. The molecule has 126 valence electrons. The van der Waals surface area contributed by atoms with Crippen molar-refractivity contribution in [2.45, 2.75) is 0 Å². The molecule has 4 nitrogen and oxygen atoms in total. The van der Waals surface area contributed by atoms with E-state index < -0.39 is 5.82 Å². The second-order valence-corrected chi connectivity index (χ2v) is 6.36. The Morgan fingerprint density at radius 2 is 1.79 bits per heavy atom. The van der Waals surface area contributed by atoms with E-state index in [9.17, 15) is 9.18 Å². The fourth-order valence-electron chi connectivity index (χ4n) is 2.62. The Bertz CT molecular complexity index is 748. The van der Waals surface area contributed by atoms with Gasteiger partial charge in [-0.05, 0) is 36.4 Å². The topological polar surface area (TPSA) is 35.6 Å². The predicted octanol–water partition coefficient (Wildman–Crippen LogP) is 4.49. The summed E-state index contributed by atoms with van der Waals surface area (Å²) < 4.78 is 13.2. The molecular weight excluding hydrogens is 352 g/mol. The summed E-state index contributed by atoms with van der Waals surface area (Å²) in [5.41, 5.74) is 1.52. The largest absolute Gasteiger partial charge is 0.368 e. The summed E-state index contributed by atoms with van der Waals surface area (Å²) in [6.07, 6.45) is 0. The molecule has 2 aromatic carbocycles. The van der Waals surface area contributed by atoms with Crippen LogP contribution in [0.1, 0.15) is 0 Å². The summed E-state index contributed by atoms with van der Waals surface area (Å²) in [5, 5.41) is 3.42. The van der Waals surface area contributed by atoms with Crippen molar-refractivity contribution < 1.29 is 9.18 Å². The van der Waals surface area contributed by atoms with Crippen LogP contribution in [0.4, 0.5) is 20.6 Å². The Morgan fingerprint density at radius 3 is 2.46 bits per heavy atom. The van der Waals surface area contributed by atoms with E-state index in [-0.39, 0.29) is 11.1 Å². The molecule has 0 atom stereocenters. The molecule has 3 rings (SSSR count). The molecule has 1 aliphatic rings. The van der Waals surface area contributed by atoms with Crippen molar-refractivity contribution in [1.29, 1.82) is 0 Å². The highest BCUT2D eigenvalue weighted by Crippen LogP contribution is 2.22. The summed E-state index contributed by atoms with van der Waals surface area (Å²) in [5.74, 6) is -0.509. The first-order valence-corrected chi connectivity index (χ1v) is 8.30. The molecule has 2 amide bonds. The van der Waals surface area contributed by atoms with E-state index in [1.807, 2.05) is 24.3 Å². The zero-order chi connectivity index (χ0) is 17.1. The zero-order valence-corrected chi connectivity index (χ0v) is 14.3. The molecule has 1 heterocycles. The minimum absolute atomic E-state index is 0.0152. The molecule has 1 saturated heterocycles. The fraction of sp³-hybridized carbons (Fsp3) is 0.235. The maximum absolute atomic E-state index is 13.2. The van der Waals surface area contributed by atoms with Crippen molar-refractivity contribution in [2.24, 2.45) is 0 Å². The van der Waals surface area contributed by atoms with Gasteiger partial charge >= 0.3 is 6.03 Å². The fourth-order valence-corrected chi connectivity index (χ4v) is 2.98. The third-order valence-electron chi connectivity index (χ3n) is 3.91. The van der Waals surface area contributed by atoms with Crippen LogP contribution in [0.15, 0.2) is 42.5 Å². The van der Waals surface area contributed by atoms with Gasteiger partial charge in [0.25, 0.3) is 0 Å². The van der Waals surface area contributed by atoms with E-state index in [0.29, 0.717) is 23.8 Å². The molecule has 0 saturated carbocycles. The molecule has 1 fully saturated rings. The van der Waals surface area contributed by atoms with Crippen LogP contribution >= 0.6 is 23.2 Å². The number of halogens is 3. The number of urea groups is 1. The van der Waals surface area contributed by atoms with Gasteiger partial charge < -0.3 is 15.1 Å². The summed E-state index contributed by atoms with van der Waals surface area (Å²) in [6, 6.07) is 11.6. The number of carbonyl (C=O) groups is 1. The molecule has 1 aliphatic heterocycles. The van der Waals surface area contributed by atoms with Gasteiger partial charge in [-0.15, -0.1) is 0 Å². The normalized spacial score (nSPS) is 14.6. The number of rotatable bonds is 2. The SMILES string of the molecule is O=C(Nc1ccc(F)c(Cl)c1)N1CCN(c2cccc(Cl)c2)CC1. The molecule has 0 aromatic heterocycles. The van der Waals surface area contributed by atoms with Gasteiger partial charge in [-0.3, -0.25) is 0 Å². The Balaban J connectivity index is 1.58. The maximum Gasteiger partial charge on any atom is 0.321 e. The Labute approximate surface area is 149 Å². The van der Waals surface area contributed by atoms with E-state index >= 15 is 0 Å². The van der Waals surface area contributed by atoms with E-state index in [2.05, 4.69) is 10.2 Å². The van der Waals surface area contributed by atoms with Gasteiger partial charge in [0.05, 0.1) is 5.02 Å². The second-order valence-electron chi connectivity index (χ2n) is 5.51. The molecule has 0 bridgehead atoms. The lowest BCUT2D eigenvalue weighted by Gasteiger charge is -2.36. The van der Waals surface area contributed by atoms with E-state index in [1.165, 1.54) is 18.2 Å². The highest BCUT2D eigenvalue weighted by Gasteiger charge is 2.21. The molecule has 7 heteroatoms. The number of amides is 2. The first kappa shape index (κ1) is 16.9. The van der Waals surface area contributed by atoms with Crippen LogP contribution in [0.2, 0.25) is 10.0 Å². The average molecular weight is 368 g/mol. The highest BCUT2D eigenvalue weighted by atomic mass is 35.5. The first-order valence-electron chi connectivity index (χ1n) is 7.54. The zero-order valence-electron chi connectivity index (χ0n) is 12.8. The van der Waals surface area contributed by atoms with Crippen LogP contribution in [0, 0.1) is 5.82 Å². The van der Waals surface area contributed by atoms with Gasteiger partial charge in [0.2, 0.25) is 0 Å². The minimum Gasteiger partial charge on any atom is -0.368 e. The average Bonchev–Trinajstić information content (AvgIpc) is 2.58. The number of nitrogens with one attached hydrogen (secondary N) is 1. The number of nitrogens with zero attached hydrogens (tertiary/aromatic N) is 2. The second kappa shape index (κ2) is 7.28. The highest BCUT2D eigenvalue weighted by molar-refractivity contribution is 6.31. The lowest BCUT2D eigenvalue weighted by molar-refractivity contribution is 0.208. The van der Waals surface area contributed by atoms with Crippen molar-refractivity contribution in [3.8, 4) is 0 Å². The third-order valence-corrected chi connectivity index (χ3v) is 4.44.